The Labute approximate surface area is 125 Å². The number of nitrogens with one attached hydrogen (secondary N) is 1. The molecule has 1 aromatic rings. The van der Waals surface area contributed by atoms with E-state index in [1.165, 1.54) is 6.07 Å². The van der Waals surface area contributed by atoms with Crippen molar-refractivity contribution in [3.05, 3.63) is 33.9 Å². The van der Waals surface area contributed by atoms with E-state index in [1.807, 2.05) is 20.8 Å². The Balaban J connectivity index is 3.33. The minimum absolute atomic E-state index is 0.0263. The highest BCUT2D eigenvalue weighted by atomic mass is 32.2. The van der Waals surface area contributed by atoms with Crippen molar-refractivity contribution in [1.82, 2.24) is 5.32 Å². The topological polar surface area (TPSA) is 89.3 Å². The fourth-order valence-corrected chi connectivity index (χ4v) is 3.09. The fourth-order valence-electron chi connectivity index (χ4n) is 2.45. The summed E-state index contributed by atoms with van der Waals surface area (Å²) in [5.41, 5.74) is 0.418. The third-order valence-corrected chi connectivity index (χ3v) is 4.74. The molecule has 7 heteroatoms. The second-order valence-electron chi connectivity index (χ2n) is 5.11. The summed E-state index contributed by atoms with van der Waals surface area (Å²) in [5.74, 6) is -0.0797. The molecule has 21 heavy (non-hydrogen) atoms. The van der Waals surface area contributed by atoms with Gasteiger partial charge in [0.05, 0.1) is 9.82 Å². The maximum atomic E-state index is 11.5. The standard InChI is InChI=1S/C14H22N2O4S/c1-5-13(15-6-2)10(3)12-8-7-11(21(4,19)20)9-14(12)16(17)18/h7-10,13,15H,5-6H2,1-4H3. The van der Waals surface area contributed by atoms with Crippen LogP contribution in [0, 0.1) is 10.1 Å². The van der Waals surface area contributed by atoms with Gasteiger partial charge in [-0.15, -0.1) is 0 Å². The Morgan fingerprint density at radius 3 is 2.38 bits per heavy atom. The summed E-state index contributed by atoms with van der Waals surface area (Å²) in [6.45, 7) is 6.69. The van der Waals surface area contributed by atoms with Crippen molar-refractivity contribution in [2.45, 2.75) is 44.0 Å². The van der Waals surface area contributed by atoms with Crippen molar-refractivity contribution in [2.24, 2.45) is 0 Å². The average Bonchev–Trinajstić information content (AvgIpc) is 2.42. The molecule has 0 saturated carbocycles. The SMILES string of the molecule is CCNC(CC)C(C)c1ccc(S(C)(=O)=O)cc1[N+](=O)[O-]. The molecule has 2 atom stereocenters. The summed E-state index contributed by atoms with van der Waals surface area (Å²) in [5, 5.41) is 14.6. The monoisotopic (exact) mass is 314 g/mol. The maximum Gasteiger partial charge on any atom is 0.274 e. The first-order valence-corrected chi connectivity index (χ1v) is 8.83. The van der Waals surface area contributed by atoms with E-state index in [0.717, 1.165) is 25.3 Å². The minimum atomic E-state index is -3.46. The average molecular weight is 314 g/mol. The number of rotatable bonds is 7. The molecule has 0 bridgehead atoms. The molecule has 1 rings (SSSR count). The van der Waals surface area contributed by atoms with Gasteiger partial charge in [-0.1, -0.05) is 26.8 Å². The van der Waals surface area contributed by atoms with E-state index in [4.69, 9.17) is 0 Å². The van der Waals surface area contributed by atoms with Gasteiger partial charge in [-0.2, -0.15) is 0 Å². The Kier molecular flexibility index (Phi) is 5.86. The van der Waals surface area contributed by atoms with Gasteiger partial charge >= 0.3 is 0 Å². The van der Waals surface area contributed by atoms with E-state index in [9.17, 15) is 18.5 Å². The van der Waals surface area contributed by atoms with Crippen LogP contribution < -0.4 is 5.32 Å². The lowest BCUT2D eigenvalue weighted by molar-refractivity contribution is -0.386. The van der Waals surface area contributed by atoms with Gasteiger partial charge in [0.2, 0.25) is 0 Å². The minimum Gasteiger partial charge on any atom is -0.314 e. The second kappa shape index (κ2) is 7.00. The zero-order chi connectivity index (χ0) is 16.2. The fraction of sp³-hybridized carbons (Fsp3) is 0.571. The third-order valence-electron chi connectivity index (χ3n) is 3.63. The number of hydrogen-bond acceptors (Lipinski definition) is 5. The van der Waals surface area contributed by atoms with Crippen molar-refractivity contribution in [3.8, 4) is 0 Å². The van der Waals surface area contributed by atoms with Gasteiger partial charge in [-0.05, 0) is 19.0 Å². The van der Waals surface area contributed by atoms with Gasteiger partial charge in [0.25, 0.3) is 5.69 Å². The molecule has 0 fully saturated rings. The van der Waals surface area contributed by atoms with Crippen LogP contribution in [0.15, 0.2) is 23.1 Å². The lowest BCUT2D eigenvalue weighted by Crippen LogP contribution is -2.33. The molecule has 118 valence electrons. The zero-order valence-corrected chi connectivity index (χ0v) is 13.6. The second-order valence-corrected chi connectivity index (χ2v) is 7.13. The summed E-state index contributed by atoms with van der Waals surface area (Å²) in [6.07, 6.45) is 1.88. The van der Waals surface area contributed by atoms with Gasteiger partial charge in [0, 0.05) is 29.8 Å². The summed E-state index contributed by atoms with van der Waals surface area (Å²) >= 11 is 0. The highest BCUT2D eigenvalue weighted by Crippen LogP contribution is 2.31. The maximum absolute atomic E-state index is 11.5. The summed E-state index contributed by atoms with van der Waals surface area (Å²) < 4.78 is 23.1. The molecule has 2 unspecified atom stereocenters. The van der Waals surface area contributed by atoms with E-state index < -0.39 is 14.8 Å². The van der Waals surface area contributed by atoms with Crippen LogP contribution in [0.2, 0.25) is 0 Å². The van der Waals surface area contributed by atoms with Crippen molar-refractivity contribution in [3.63, 3.8) is 0 Å². The van der Waals surface area contributed by atoms with Crippen LogP contribution >= 0.6 is 0 Å². The lowest BCUT2D eigenvalue weighted by atomic mass is 9.90. The largest absolute Gasteiger partial charge is 0.314 e. The lowest BCUT2D eigenvalue weighted by Gasteiger charge is -2.23. The Morgan fingerprint density at radius 2 is 1.95 bits per heavy atom. The smallest absolute Gasteiger partial charge is 0.274 e. The molecular weight excluding hydrogens is 292 g/mol. The summed E-state index contributed by atoms with van der Waals surface area (Å²) in [4.78, 5) is 10.7. The van der Waals surface area contributed by atoms with Crippen LogP contribution in [0.25, 0.3) is 0 Å². The van der Waals surface area contributed by atoms with Crippen molar-refractivity contribution in [2.75, 3.05) is 12.8 Å². The molecule has 0 aliphatic carbocycles. The van der Waals surface area contributed by atoms with Crippen LogP contribution in [0.1, 0.15) is 38.7 Å². The number of nitrogens with zero attached hydrogens (tertiary/aromatic N) is 1. The number of hydrogen-bond donors (Lipinski definition) is 1. The molecule has 1 aromatic carbocycles. The molecular formula is C14H22N2O4S. The van der Waals surface area contributed by atoms with Crippen LogP contribution in [-0.2, 0) is 9.84 Å². The Hall–Kier alpha value is -1.47. The van der Waals surface area contributed by atoms with E-state index in [-0.39, 0.29) is 22.5 Å². The van der Waals surface area contributed by atoms with Gasteiger partial charge in [0.15, 0.2) is 9.84 Å². The molecule has 6 nitrogen and oxygen atoms in total. The molecule has 0 radical (unpaired) electrons. The summed E-state index contributed by atoms with van der Waals surface area (Å²) in [6, 6.07) is 4.25. The van der Waals surface area contributed by atoms with Crippen LogP contribution in [0.4, 0.5) is 5.69 Å². The molecule has 0 saturated heterocycles. The van der Waals surface area contributed by atoms with Crippen molar-refractivity contribution in [1.29, 1.82) is 0 Å². The normalized spacial score (nSPS) is 14.7. The number of benzene rings is 1. The molecule has 0 heterocycles. The summed E-state index contributed by atoms with van der Waals surface area (Å²) in [7, 11) is -3.46. The Bertz CT molecular complexity index is 613. The van der Waals surface area contributed by atoms with Crippen molar-refractivity contribution >= 4 is 15.5 Å². The van der Waals surface area contributed by atoms with Crippen molar-refractivity contribution < 1.29 is 13.3 Å². The number of nitro groups is 1. The van der Waals surface area contributed by atoms with Crippen LogP contribution in [0.3, 0.4) is 0 Å². The molecule has 0 amide bonds. The van der Waals surface area contributed by atoms with Gasteiger partial charge in [0.1, 0.15) is 0 Å². The van der Waals surface area contributed by atoms with Crippen LogP contribution in [0.5, 0.6) is 0 Å². The highest BCUT2D eigenvalue weighted by Gasteiger charge is 2.26. The first kappa shape index (κ1) is 17.6. The third kappa shape index (κ3) is 4.25. The molecule has 0 aromatic heterocycles. The van der Waals surface area contributed by atoms with E-state index in [1.54, 1.807) is 6.07 Å². The molecule has 0 aliphatic rings. The molecule has 0 aliphatic heterocycles. The van der Waals surface area contributed by atoms with E-state index in [2.05, 4.69) is 5.32 Å². The van der Waals surface area contributed by atoms with E-state index in [0.29, 0.717) is 5.56 Å². The number of nitro benzene ring substituents is 1. The first-order chi connectivity index (χ1) is 9.72. The first-order valence-electron chi connectivity index (χ1n) is 6.94. The van der Waals surface area contributed by atoms with Gasteiger partial charge in [-0.25, -0.2) is 8.42 Å². The quantitative estimate of drug-likeness (QED) is 0.617. The van der Waals surface area contributed by atoms with Gasteiger partial charge in [-0.3, -0.25) is 10.1 Å². The van der Waals surface area contributed by atoms with Gasteiger partial charge < -0.3 is 5.32 Å². The molecule has 1 N–H and O–H groups in total. The predicted octanol–water partition coefficient (Wildman–Crippen LogP) is 2.49. The zero-order valence-electron chi connectivity index (χ0n) is 12.8. The number of sulfone groups is 1. The molecule has 0 spiro atoms. The van der Waals surface area contributed by atoms with Crippen LogP contribution in [-0.4, -0.2) is 32.2 Å². The van der Waals surface area contributed by atoms with E-state index >= 15 is 0 Å². The highest BCUT2D eigenvalue weighted by molar-refractivity contribution is 7.90. The number of likely N-dealkylation sites (N-methyl/N-ethyl adjacent to an activating group) is 1. The Morgan fingerprint density at radius 1 is 1.33 bits per heavy atom. The predicted molar refractivity (Wildman–Crippen MR) is 82.4 cm³/mol.